The Bertz CT molecular complexity index is 535. The molecule has 0 spiro atoms. The van der Waals surface area contributed by atoms with E-state index in [1.807, 2.05) is 36.4 Å². The number of ether oxygens (including phenoxy) is 1. The van der Waals surface area contributed by atoms with Crippen molar-refractivity contribution in [2.75, 3.05) is 13.7 Å². The average Bonchev–Trinajstić information content (AvgIpc) is 2.38. The van der Waals surface area contributed by atoms with Gasteiger partial charge in [-0.25, -0.2) is 4.98 Å². The fourth-order valence-electron chi connectivity index (χ4n) is 1.64. The Hall–Kier alpha value is -1.87. The normalized spacial score (nSPS) is 11.2. The Morgan fingerprint density at radius 3 is 2.94 bits per heavy atom. The Morgan fingerprint density at radius 2 is 2.18 bits per heavy atom. The number of fused-ring (bicyclic) bond motifs is 1. The lowest BCUT2D eigenvalue weighted by Gasteiger charge is -2.02. The van der Waals surface area contributed by atoms with Crippen LogP contribution < -0.4 is 4.74 Å². The van der Waals surface area contributed by atoms with Gasteiger partial charge >= 0.3 is 0 Å². The van der Waals surface area contributed by atoms with Gasteiger partial charge in [-0.15, -0.1) is 0 Å². The third-order valence-electron chi connectivity index (χ3n) is 2.50. The van der Waals surface area contributed by atoms with Crippen LogP contribution in [0.15, 0.2) is 36.4 Å². The number of pyridine rings is 1. The standard InChI is InChI=1S/C14H15NO2/c1-17-14-8-6-12-10-11(4-2-3-9-16)5-7-13(12)15-14/h2,4-8,10,16H,3,9H2,1H3. The summed E-state index contributed by atoms with van der Waals surface area (Å²) < 4.78 is 5.08. The van der Waals surface area contributed by atoms with E-state index >= 15 is 0 Å². The van der Waals surface area contributed by atoms with Gasteiger partial charge in [-0.3, -0.25) is 0 Å². The van der Waals surface area contributed by atoms with E-state index in [9.17, 15) is 0 Å². The zero-order valence-electron chi connectivity index (χ0n) is 9.76. The van der Waals surface area contributed by atoms with Gasteiger partial charge in [0.15, 0.2) is 0 Å². The number of hydrogen-bond donors (Lipinski definition) is 1. The Labute approximate surface area is 100 Å². The second-order valence-corrected chi connectivity index (χ2v) is 3.72. The first kappa shape index (κ1) is 11.6. The molecule has 0 bridgehead atoms. The molecule has 88 valence electrons. The van der Waals surface area contributed by atoms with Crippen molar-refractivity contribution < 1.29 is 9.84 Å². The smallest absolute Gasteiger partial charge is 0.213 e. The molecule has 2 aromatic rings. The van der Waals surface area contributed by atoms with Crippen LogP contribution in [0.1, 0.15) is 12.0 Å². The van der Waals surface area contributed by atoms with Crippen molar-refractivity contribution in [1.82, 2.24) is 4.98 Å². The lowest BCUT2D eigenvalue weighted by molar-refractivity contribution is 0.303. The van der Waals surface area contributed by atoms with Gasteiger partial charge in [0, 0.05) is 18.1 Å². The van der Waals surface area contributed by atoms with Gasteiger partial charge < -0.3 is 9.84 Å². The van der Waals surface area contributed by atoms with E-state index in [0.29, 0.717) is 12.3 Å². The van der Waals surface area contributed by atoms with Crippen molar-refractivity contribution in [3.8, 4) is 5.88 Å². The molecule has 0 saturated heterocycles. The molecular weight excluding hydrogens is 214 g/mol. The largest absolute Gasteiger partial charge is 0.481 e. The van der Waals surface area contributed by atoms with Crippen molar-refractivity contribution in [3.05, 3.63) is 42.0 Å². The average molecular weight is 229 g/mol. The van der Waals surface area contributed by atoms with E-state index in [2.05, 4.69) is 11.1 Å². The summed E-state index contributed by atoms with van der Waals surface area (Å²) in [6.45, 7) is 0.183. The lowest BCUT2D eigenvalue weighted by Crippen LogP contribution is -1.87. The fraction of sp³-hybridized carbons (Fsp3) is 0.214. The third kappa shape index (κ3) is 2.82. The molecule has 0 aliphatic carbocycles. The first-order valence-electron chi connectivity index (χ1n) is 5.55. The van der Waals surface area contributed by atoms with E-state index in [-0.39, 0.29) is 6.61 Å². The highest BCUT2D eigenvalue weighted by Crippen LogP contribution is 2.18. The minimum absolute atomic E-state index is 0.183. The summed E-state index contributed by atoms with van der Waals surface area (Å²) in [4.78, 5) is 4.34. The van der Waals surface area contributed by atoms with Gasteiger partial charge in [0.1, 0.15) is 0 Å². The highest BCUT2D eigenvalue weighted by molar-refractivity contribution is 5.81. The predicted octanol–water partition coefficient (Wildman–Crippen LogP) is 2.64. The maximum Gasteiger partial charge on any atom is 0.213 e. The maximum absolute atomic E-state index is 8.70. The number of methoxy groups -OCH3 is 1. The Morgan fingerprint density at radius 1 is 1.29 bits per heavy atom. The van der Waals surface area contributed by atoms with Crippen LogP contribution in [0.4, 0.5) is 0 Å². The minimum atomic E-state index is 0.183. The molecule has 1 aromatic heterocycles. The Kier molecular flexibility index (Phi) is 3.73. The van der Waals surface area contributed by atoms with E-state index in [1.54, 1.807) is 7.11 Å². The molecule has 17 heavy (non-hydrogen) atoms. The van der Waals surface area contributed by atoms with Gasteiger partial charge in [-0.1, -0.05) is 18.2 Å². The number of nitrogens with zero attached hydrogens (tertiary/aromatic N) is 1. The molecule has 3 heteroatoms. The van der Waals surface area contributed by atoms with Crippen LogP contribution >= 0.6 is 0 Å². The summed E-state index contributed by atoms with van der Waals surface area (Å²) in [6, 6.07) is 9.88. The monoisotopic (exact) mass is 229 g/mol. The zero-order valence-corrected chi connectivity index (χ0v) is 9.76. The van der Waals surface area contributed by atoms with Crippen LogP contribution in [-0.2, 0) is 0 Å². The van der Waals surface area contributed by atoms with Gasteiger partial charge in [0.2, 0.25) is 5.88 Å². The molecular formula is C14H15NO2. The van der Waals surface area contributed by atoms with Crippen LogP contribution in [-0.4, -0.2) is 23.8 Å². The van der Waals surface area contributed by atoms with Crippen LogP contribution in [0.2, 0.25) is 0 Å². The van der Waals surface area contributed by atoms with Crippen molar-refractivity contribution in [3.63, 3.8) is 0 Å². The fourth-order valence-corrected chi connectivity index (χ4v) is 1.64. The molecule has 0 atom stereocenters. The molecule has 0 fully saturated rings. The minimum Gasteiger partial charge on any atom is -0.481 e. The number of hydrogen-bond acceptors (Lipinski definition) is 3. The summed E-state index contributed by atoms with van der Waals surface area (Å²) in [5.41, 5.74) is 2.03. The van der Waals surface area contributed by atoms with Gasteiger partial charge in [0.25, 0.3) is 0 Å². The second kappa shape index (κ2) is 5.46. The van der Waals surface area contributed by atoms with Gasteiger partial charge in [0.05, 0.1) is 12.6 Å². The van der Waals surface area contributed by atoms with E-state index < -0.39 is 0 Å². The Balaban J connectivity index is 2.31. The first-order valence-corrected chi connectivity index (χ1v) is 5.55. The van der Waals surface area contributed by atoms with Crippen LogP contribution in [0.5, 0.6) is 5.88 Å². The predicted molar refractivity (Wildman–Crippen MR) is 69.0 cm³/mol. The van der Waals surface area contributed by atoms with E-state index in [4.69, 9.17) is 9.84 Å². The molecule has 1 aromatic carbocycles. The number of benzene rings is 1. The summed E-state index contributed by atoms with van der Waals surface area (Å²) in [6.07, 6.45) is 4.64. The molecule has 1 N–H and O–H groups in total. The second-order valence-electron chi connectivity index (χ2n) is 3.72. The number of aliphatic hydroxyl groups is 1. The van der Waals surface area contributed by atoms with Crippen LogP contribution in [0, 0.1) is 0 Å². The molecule has 0 saturated carbocycles. The molecule has 0 radical (unpaired) electrons. The molecule has 2 rings (SSSR count). The molecule has 3 nitrogen and oxygen atoms in total. The summed E-state index contributed by atoms with van der Waals surface area (Å²) >= 11 is 0. The van der Waals surface area contributed by atoms with Crippen molar-refractivity contribution >= 4 is 17.0 Å². The van der Waals surface area contributed by atoms with Crippen molar-refractivity contribution in [2.24, 2.45) is 0 Å². The first-order chi connectivity index (χ1) is 8.33. The SMILES string of the molecule is COc1ccc2cc(C=CCCO)ccc2n1. The number of rotatable bonds is 4. The highest BCUT2D eigenvalue weighted by Gasteiger charge is 1.98. The molecule has 0 amide bonds. The summed E-state index contributed by atoms with van der Waals surface area (Å²) in [5.74, 6) is 0.626. The van der Waals surface area contributed by atoms with Gasteiger partial charge in [-0.05, 0) is 30.2 Å². The van der Waals surface area contributed by atoms with Crippen LogP contribution in [0.3, 0.4) is 0 Å². The highest BCUT2D eigenvalue weighted by atomic mass is 16.5. The van der Waals surface area contributed by atoms with E-state index in [0.717, 1.165) is 16.5 Å². The third-order valence-corrected chi connectivity index (χ3v) is 2.50. The summed E-state index contributed by atoms with van der Waals surface area (Å²) in [7, 11) is 1.61. The molecule has 0 aliphatic heterocycles. The van der Waals surface area contributed by atoms with Gasteiger partial charge in [-0.2, -0.15) is 0 Å². The summed E-state index contributed by atoms with van der Waals surface area (Å²) in [5, 5.41) is 9.78. The number of aliphatic hydroxyl groups excluding tert-OH is 1. The van der Waals surface area contributed by atoms with Crippen molar-refractivity contribution in [2.45, 2.75) is 6.42 Å². The zero-order chi connectivity index (χ0) is 12.1. The number of aromatic nitrogens is 1. The van der Waals surface area contributed by atoms with Crippen LogP contribution in [0.25, 0.3) is 17.0 Å². The molecule has 0 aliphatic rings. The topological polar surface area (TPSA) is 42.4 Å². The maximum atomic E-state index is 8.70. The van der Waals surface area contributed by atoms with Crippen molar-refractivity contribution in [1.29, 1.82) is 0 Å². The van der Waals surface area contributed by atoms with E-state index in [1.165, 1.54) is 0 Å². The quantitative estimate of drug-likeness (QED) is 0.876. The lowest BCUT2D eigenvalue weighted by atomic mass is 10.1. The molecule has 0 unspecified atom stereocenters. The molecule has 1 heterocycles.